The van der Waals surface area contributed by atoms with Gasteiger partial charge in [-0.2, -0.15) is 0 Å². The van der Waals surface area contributed by atoms with Gasteiger partial charge in [0.1, 0.15) is 6.04 Å². The molecule has 0 saturated carbocycles. The Kier molecular flexibility index (Phi) is 6.40. The zero-order chi connectivity index (χ0) is 20.8. The largest absolute Gasteiger partial charge is 0.454 e. The fraction of sp³-hybridized carbons (Fsp3) is 0.200. The minimum atomic E-state index is -0.965. The second-order valence-corrected chi connectivity index (χ2v) is 7.23. The van der Waals surface area contributed by atoms with Crippen LogP contribution in [0.25, 0.3) is 10.9 Å². The lowest BCUT2D eigenvalue weighted by atomic mass is 10.0. The van der Waals surface area contributed by atoms with Crippen molar-refractivity contribution in [3.8, 4) is 0 Å². The van der Waals surface area contributed by atoms with Gasteiger partial charge in [-0.05, 0) is 23.1 Å². The number of hydrogen-bond donors (Lipinski definition) is 3. The number of rotatable bonds is 7. The van der Waals surface area contributed by atoms with E-state index in [0.717, 1.165) is 16.5 Å². The molecular formula is C20H19N3O5S. The van der Waals surface area contributed by atoms with Gasteiger partial charge < -0.3 is 15.0 Å². The molecule has 0 fully saturated rings. The molecule has 3 rings (SSSR count). The summed E-state index contributed by atoms with van der Waals surface area (Å²) in [6.45, 7) is 0.668. The van der Waals surface area contributed by atoms with Gasteiger partial charge >= 0.3 is 5.97 Å². The number of fused-ring (bicyclic) bond motifs is 1. The normalized spacial score (nSPS) is 11.6. The second kappa shape index (κ2) is 9.16. The molecule has 3 N–H and O–H groups in total. The van der Waals surface area contributed by atoms with Gasteiger partial charge in [0.05, 0.1) is 4.88 Å². The molecule has 0 saturated heterocycles. The molecule has 0 radical (unpaired) electrons. The number of para-hydroxylation sites is 1. The number of H-pyrrole nitrogens is 1. The van der Waals surface area contributed by atoms with Gasteiger partial charge in [0.25, 0.3) is 11.8 Å². The van der Waals surface area contributed by atoms with E-state index in [4.69, 9.17) is 4.74 Å². The predicted octanol–water partition coefficient (Wildman–Crippen LogP) is 1.78. The summed E-state index contributed by atoms with van der Waals surface area (Å²) in [6, 6.07) is 9.87. The Bertz CT molecular complexity index is 1040. The van der Waals surface area contributed by atoms with E-state index in [0.29, 0.717) is 4.88 Å². The topological polar surface area (TPSA) is 117 Å². The molecule has 2 heterocycles. The fourth-order valence-electron chi connectivity index (χ4n) is 2.83. The van der Waals surface area contributed by atoms with Crippen LogP contribution < -0.4 is 10.6 Å². The van der Waals surface area contributed by atoms with Crippen LogP contribution in [0, 0.1) is 0 Å². The molecule has 1 atom stereocenters. The molecule has 0 unspecified atom stereocenters. The van der Waals surface area contributed by atoms with Crippen LogP contribution in [-0.4, -0.2) is 41.3 Å². The summed E-state index contributed by atoms with van der Waals surface area (Å²) in [7, 11) is 0. The standard InChI is InChI=1S/C20H19N3O5S/c1-12(24)22-16(9-13-10-21-15-6-3-2-5-14(13)15)20(27)28-11-18(25)23-19(26)17-7-4-8-29-17/h2-8,10,16,21H,9,11H2,1H3,(H,22,24)(H,23,25,26)/t16-/m0/s1. The molecule has 29 heavy (non-hydrogen) atoms. The van der Waals surface area contributed by atoms with Gasteiger partial charge in [0, 0.05) is 30.4 Å². The van der Waals surface area contributed by atoms with Crippen LogP contribution in [0.1, 0.15) is 22.2 Å². The maximum Gasteiger partial charge on any atom is 0.329 e. The summed E-state index contributed by atoms with van der Waals surface area (Å²) in [4.78, 5) is 51.2. The number of benzene rings is 1. The molecule has 0 aliphatic rings. The van der Waals surface area contributed by atoms with Crippen molar-refractivity contribution in [2.45, 2.75) is 19.4 Å². The number of imide groups is 1. The monoisotopic (exact) mass is 413 g/mol. The summed E-state index contributed by atoms with van der Waals surface area (Å²) < 4.78 is 5.02. The van der Waals surface area contributed by atoms with Crippen molar-refractivity contribution in [2.24, 2.45) is 0 Å². The van der Waals surface area contributed by atoms with E-state index >= 15 is 0 Å². The number of carbonyl (C=O) groups is 4. The maximum atomic E-state index is 12.4. The number of hydrogen-bond acceptors (Lipinski definition) is 6. The van der Waals surface area contributed by atoms with Crippen LogP contribution in [0.3, 0.4) is 0 Å². The summed E-state index contributed by atoms with van der Waals surface area (Å²) in [5.41, 5.74) is 1.73. The lowest BCUT2D eigenvalue weighted by molar-refractivity contribution is -0.151. The number of nitrogens with one attached hydrogen (secondary N) is 3. The van der Waals surface area contributed by atoms with E-state index in [2.05, 4.69) is 15.6 Å². The van der Waals surface area contributed by atoms with Crippen molar-refractivity contribution in [1.82, 2.24) is 15.6 Å². The average molecular weight is 413 g/mol. The highest BCUT2D eigenvalue weighted by Gasteiger charge is 2.24. The molecule has 0 spiro atoms. The molecule has 3 aromatic rings. The number of ether oxygens (including phenoxy) is 1. The molecule has 0 aliphatic heterocycles. The van der Waals surface area contributed by atoms with Crippen LogP contribution >= 0.6 is 11.3 Å². The van der Waals surface area contributed by atoms with E-state index in [1.807, 2.05) is 24.3 Å². The zero-order valence-electron chi connectivity index (χ0n) is 15.6. The second-order valence-electron chi connectivity index (χ2n) is 6.28. The molecule has 2 aromatic heterocycles. The van der Waals surface area contributed by atoms with Crippen LogP contribution in [0.2, 0.25) is 0 Å². The highest BCUT2D eigenvalue weighted by atomic mass is 32.1. The Balaban J connectivity index is 1.61. The summed E-state index contributed by atoms with van der Waals surface area (Å²) in [5, 5.41) is 7.33. The van der Waals surface area contributed by atoms with Gasteiger partial charge in [-0.15, -0.1) is 11.3 Å². The number of amides is 3. The van der Waals surface area contributed by atoms with Crippen molar-refractivity contribution in [3.63, 3.8) is 0 Å². The van der Waals surface area contributed by atoms with Crippen LogP contribution in [0.4, 0.5) is 0 Å². The van der Waals surface area contributed by atoms with Gasteiger partial charge in [0.2, 0.25) is 5.91 Å². The van der Waals surface area contributed by atoms with Crippen molar-refractivity contribution >= 4 is 45.9 Å². The maximum absolute atomic E-state index is 12.4. The van der Waals surface area contributed by atoms with E-state index in [1.54, 1.807) is 23.7 Å². The van der Waals surface area contributed by atoms with Crippen molar-refractivity contribution in [2.75, 3.05) is 6.61 Å². The summed E-state index contributed by atoms with van der Waals surface area (Å²) >= 11 is 1.19. The predicted molar refractivity (Wildman–Crippen MR) is 107 cm³/mol. The third-order valence-corrected chi connectivity index (χ3v) is 4.97. The molecule has 9 heteroatoms. The van der Waals surface area contributed by atoms with E-state index in [-0.39, 0.29) is 6.42 Å². The fourth-order valence-corrected chi connectivity index (χ4v) is 3.45. The number of carbonyl (C=O) groups excluding carboxylic acids is 4. The first-order valence-corrected chi connectivity index (χ1v) is 9.68. The number of aromatic amines is 1. The molecule has 0 aliphatic carbocycles. The van der Waals surface area contributed by atoms with Crippen molar-refractivity contribution in [1.29, 1.82) is 0 Å². The molecule has 8 nitrogen and oxygen atoms in total. The molecule has 0 bridgehead atoms. The molecule has 150 valence electrons. The summed E-state index contributed by atoms with van der Waals surface area (Å²) in [5.74, 6) is -2.46. The average Bonchev–Trinajstić information content (AvgIpc) is 3.36. The Morgan fingerprint density at radius 1 is 1.14 bits per heavy atom. The smallest absolute Gasteiger partial charge is 0.329 e. The molecule has 1 aromatic carbocycles. The molecule has 3 amide bonds. The Labute approximate surface area is 170 Å². The first kappa shape index (κ1) is 20.3. The summed E-state index contributed by atoms with van der Waals surface area (Å²) in [6.07, 6.45) is 1.96. The van der Waals surface area contributed by atoms with E-state index in [9.17, 15) is 19.2 Å². The minimum Gasteiger partial charge on any atom is -0.454 e. The quantitative estimate of drug-likeness (QED) is 0.511. The van der Waals surface area contributed by atoms with Crippen LogP contribution in [-0.2, 0) is 25.5 Å². The van der Waals surface area contributed by atoms with E-state index < -0.39 is 36.3 Å². The lowest BCUT2D eigenvalue weighted by Gasteiger charge is -2.16. The van der Waals surface area contributed by atoms with Crippen molar-refractivity contribution < 1.29 is 23.9 Å². The zero-order valence-corrected chi connectivity index (χ0v) is 16.4. The first-order valence-electron chi connectivity index (χ1n) is 8.80. The van der Waals surface area contributed by atoms with E-state index in [1.165, 1.54) is 18.3 Å². The lowest BCUT2D eigenvalue weighted by Crippen LogP contribution is -2.43. The van der Waals surface area contributed by atoms with Crippen molar-refractivity contribution in [3.05, 3.63) is 58.4 Å². The number of aromatic nitrogens is 1. The number of thiophene rings is 1. The first-order chi connectivity index (χ1) is 13.9. The highest BCUT2D eigenvalue weighted by Crippen LogP contribution is 2.19. The third-order valence-electron chi connectivity index (χ3n) is 4.10. The Morgan fingerprint density at radius 3 is 2.66 bits per heavy atom. The molecular weight excluding hydrogens is 394 g/mol. The van der Waals surface area contributed by atoms with Gasteiger partial charge in [-0.3, -0.25) is 19.7 Å². The minimum absolute atomic E-state index is 0.193. The van der Waals surface area contributed by atoms with Crippen LogP contribution in [0.15, 0.2) is 48.0 Å². The SMILES string of the molecule is CC(=O)N[C@@H](Cc1c[nH]c2ccccc12)C(=O)OCC(=O)NC(=O)c1cccs1. The third kappa shape index (κ3) is 5.29. The van der Waals surface area contributed by atoms with Gasteiger partial charge in [-0.25, -0.2) is 4.79 Å². The Hall–Kier alpha value is -3.46. The van der Waals surface area contributed by atoms with Gasteiger partial charge in [-0.1, -0.05) is 24.3 Å². The Morgan fingerprint density at radius 2 is 1.93 bits per heavy atom. The van der Waals surface area contributed by atoms with Crippen LogP contribution in [0.5, 0.6) is 0 Å². The number of esters is 1. The van der Waals surface area contributed by atoms with Gasteiger partial charge in [0.15, 0.2) is 6.61 Å². The highest BCUT2D eigenvalue weighted by molar-refractivity contribution is 7.12.